The van der Waals surface area contributed by atoms with Gasteiger partial charge in [0.2, 0.25) is 5.78 Å². The molecule has 2 rings (SSSR count). The maximum Gasteiger partial charge on any atom is 0.406 e. The molecule has 0 fully saturated rings. The van der Waals surface area contributed by atoms with Crippen LogP contribution in [0.25, 0.3) is 0 Å². The van der Waals surface area contributed by atoms with E-state index in [4.69, 9.17) is 4.74 Å². The van der Waals surface area contributed by atoms with Crippen LogP contribution in [0.15, 0.2) is 17.5 Å². The van der Waals surface area contributed by atoms with E-state index in [-0.39, 0.29) is 11.3 Å². The van der Waals surface area contributed by atoms with Gasteiger partial charge >= 0.3 is 12.1 Å². The summed E-state index contributed by atoms with van der Waals surface area (Å²) in [6, 6.07) is 3.14. The molecule has 8 heteroatoms. The summed E-state index contributed by atoms with van der Waals surface area (Å²) in [6.07, 6.45) is -4.38. The van der Waals surface area contributed by atoms with E-state index in [1.165, 1.54) is 31.3 Å². The Hall–Kier alpha value is -2.09. The SMILES string of the molecule is Cc1ccsc1C(=O)OCC(=O)c1cc(C)n(CC(F)(F)F)c1C. The molecule has 4 nitrogen and oxygen atoms in total. The van der Waals surface area contributed by atoms with Crippen molar-refractivity contribution < 1.29 is 27.5 Å². The van der Waals surface area contributed by atoms with Crippen molar-refractivity contribution in [3.8, 4) is 0 Å². The highest BCUT2D eigenvalue weighted by Gasteiger charge is 2.30. The topological polar surface area (TPSA) is 48.3 Å². The lowest BCUT2D eigenvalue weighted by Gasteiger charge is -2.12. The van der Waals surface area contributed by atoms with Gasteiger partial charge in [-0.15, -0.1) is 11.3 Å². The number of halogens is 3. The molecule has 0 atom stereocenters. The number of Topliss-reactive ketones (excluding diaryl/α,β-unsaturated/α-hetero) is 1. The maximum atomic E-state index is 12.6. The highest BCUT2D eigenvalue weighted by Crippen LogP contribution is 2.23. The number of aryl methyl sites for hydroxylation is 2. The van der Waals surface area contributed by atoms with Crippen LogP contribution < -0.4 is 0 Å². The average Bonchev–Trinajstić information content (AvgIpc) is 3.01. The first-order chi connectivity index (χ1) is 11.1. The van der Waals surface area contributed by atoms with Crippen LogP contribution in [0.3, 0.4) is 0 Å². The number of carbonyl (C=O) groups is 2. The van der Waals surface area contributed by atoms with Gasteiger partial charge < -0.3 is 9.30 Å². The molecule has 0 unspecified atom stereocenters. The Morgan fingerprint density at radius 3 is 2.46 bits per heavy atom. The van der Waals surface area contributed by atoms with Crippen molar-refractivity contribution >= 4 is 23.1 Å². The Bertz CT molecular complexity index is 774. The molecule has 0 saturated heterocycles. The van der Waals surface area contributed by atoms with Crippen molar-refractivity contribution in [3.05, 3.63) is 44.9 Å². The summed E-state index contributed by atoms with van der Waals surface area (Å²) >= 11 is 1.21. The molecule has 0 amide bonds. The number of thiophene rings is 1. The number of hydrogen-bond donors (Lipinski definition) is 0. The van der Waals surface area contributed by atoms with Crippen LogP contribution in [0.1, 0.15) is 37.0 Å². The van der Waals surface area contributed by atoms with Crippen molar-refractivity contribution in [3.63, 3.8) is 0 Å². The van der Waals surface area contributed by atoms with Gasteiger partial charge in [0.15, 0.2) is 6.61 Å². The van der Waals surface area contributed by atoms with E-state index in [0.29, 0.717) is 10.6 Å². The van der Waals surface area contributed by atoms with Gasteiger partial charge in [0.1, 0.15) is 11.4 Å². The molecule has 0 radical (unpaired) electrons. The van der Waals surface area contributed by atoms with Gasteiger partial charge in [-0.1, -0.05) is 0 Å². The summed E-state index contributed by atoms with van der Waals surface area (Å²) in [7, 11) is 0. The van der Waals surface area contributed by atoms with Gasteiger partial charge in [0.05, 0.1) is 0 Å². The lowest BCUT2D eigenvalue weighted by molar-refractivity contribution is -0.141. The van der Waals surface area contributed by atoms with Crippen LogP contribution >= 0.6 is 11.3 Å². The predicted octanol–water partition coefficient (Wildman–Crippen LogP) is 4.08. The summed E-state index contributed by atoms with van der Waals surface area (Å²) in [5.74, 6) is -1.14. The average molecular weight is 359 g/mol. The second-order valence-electron chi connectivity index (χ2n) is 5.42. The zero-order valence-electron chi connectivity index (χ0n) is 13.4. The van der Waals surface area contributed by atoms with Crippen molar-refractivity contribution in [1.82, 2.24) is 4.57 Å². The van der Waals surface area contributed by atoms with Gasteiger partial charge in [0, 0.05) is 17.0 Å². The van der Waals surface area contributed by atoms with Gasteiger partial charge in [-0.05, 0) is 43.8 Å². The van der Waals surface area contributed by atoms with Gasteiger partial charge in [-0.3, -0.25) is 4.79 Å². The molecular weight excluding hydrogens is 343 g/mol. The quantitative estimate of drug-likeness (QED) is 0.597. The molecule has 0 aromatic carbocycles. The van der Waals surface area contributed by atoms with Crippen LogP contribution in [-0.2, 0) is 11.3 Å². The fraction of sp³-hybridized carbons (Fsp3) is 0.375. The van der Waals surface area contributed by atoms with E-state index >= 15 is 0 Å². The molecule has 2 aromatic rings. The van der Waals surface area contributed by atoms with Crippen LogP contribution in [0.2, 0.25) is 0 Å². The molecule has 2 aromatic heterocycles. The minimum atomic E-state index is -4.38. The van der Waals surface area contributed by atoms with E-state index in [2.05, 4.69) is 0 Å². The van der Waals surface area contributed by atoms with E-state index in [0.717, 1.165) is 10.1 Å². The highest BCUT2D eigenvalue weighted by atomic mass is 32.1. The summed E-state index contributed by atoms with van der Waals surface area (Å²) in [6.45, 7) is 3.02. The predicted molar refractivity (Wildman–Crippen MR) is 83.6 cm³/mol. The fourth-order valence-electron chi connectivity index (χ4n) is 2.36. The zero-order valence-corrected chi connectivity index (χ0v) is 14.2. The molecule has 0 N–H and O–H groups in total. The van der Waals surface area contributed by atoms with Crippen molar-refractivity contribution in [2.45, 2.75) is 33.5 Å². The number of alkyl halides is 3. The van der Waals surface area contributed by atoms with E-state index in [1.54, 1.807) is 18.4 Å². The molecule has 130 valence electrons. The standard InChI is InChI=1S/C16H16F3NO3S/c1-9-4-5-24-14(9)15(22)23-7-13(21)12-6-10(2)20(11(12)3)8-16(17,18)19/h4-6H,7-8H2,1-3H3. The van der Waals surface area contributed by atoms with Crippen LogP contribution in [0.4, 0.5) is 13.2 Å². The minimum absolute atomic E-state index is 0.132. The molecule has 24 heavy (non-hydrogen) atoms. The lowest BCUT2D eigenvalue weighted by atomic mass is 10.1. The number of ether oxygens (including phenoxy) is 1. The highest BCUT2D eigenvalue weighted by molar-refractivity contribution is 7.12. The van der Waals surface area contributed by atoms with Crippen LogP contribution in [0.5, 0.6) is 0 Å². The minimum Gasteiger partial charge on any atom is -0.453 e. The fourth-order valence-corrected chi connectivity index (χ4v) is 3.18. The van der Waals surface area contributed by atoms with Crippen molar-refractivity contribution in [1.29, 1.82) is 0 Å². The number of esters is 1. The molecule has 0 aliphatic heterocycles. The Kier molecular flexibility index (Phi) is 5.17. The number of hydrogen-bond acceptors (Lipinski definition) is 4. The first kappa shape index (κ1) is 18.3. The van der Waals surface area contributed by atoms with Crippen LogP contribution in [-0.4, -0.2) is 29.1 Å². The Morgan fingerprint density at radius 1 is 1.25 bits per heavy atom. The van der Waals surface area contributed by atoms with Crippen molar-refractivity contribution in [2.75, 3.05) is 6.61 Å². The molecular formula is C16H16F3NO3S. The van der Waals surface area contributed by atoms with Gasteiger partial charge in [-0.2, -0.15) is 13.2 Å². The number of rotatable bonds is 5. The second-order valence-corrected chi connectivity index (χ2v) is 6.33. The molecule has 0 bridgehead atoms. The van der Waals surface area contributed by atoms with Gasteiger partial charge in [-0.25, -0.2) is 4.79 Å². The zero-order chi connectivity index (χ0) is 18.1. The monoisotopic (exact) mass is 359 g/mol. The largest absolute Gasteiger partial charge is 0.453 e. The first-order valence-electron chi connectivity index (χ1n) is 7.08. The second kappa shape index (κ2) is 6.80. The van der Waals surface area contributed by atoms with E-state index in [1.807, 2.05) is 0 Å². The number of aromatic nitrogens is 1. The molecule has 0 saturated carbocycles. The normalized spacial score (nSPS) is 11.6. The third-order valence-electron chi connectivity index (χ3n) is 3.59. The third kappa shape index (κ3) is 4.05. The van der Waals surface area contributed by atoms with E-state index in [9.17, 15) is 22.8 Å². The summed E-state index contributed by atoms with van der Waals surface area (Å²) in [5.41, 5.74) is 1.42. The first-order valence-corrected chi connectivity index (χ1v) is 7.96. The van der Waals surface area contributed by atoms with Gasteiger partial charge in [0.25, 0.3) is 0 Å². The van der Waals surface area contributed by atoms with E-state index < -0.39 is 31.1 Å². The smallest absolute Gasteiger partial charge is 0.406 e. The molecule has 0 spiro atoms. The molecule has 0 aliphatic carbocycles. The Morgan fingerprint density at radius 2 is 1.92 bits per heavy atom. The Labute approximate surface area is 140 Å². The maximum absolute atomic E-state index is 12.6. The third-order valence-corrected chi connectivity index (χ3v) is 4.59. The number of carbonyl (C=O) groups excluding carboxylic acids is 2. The van der Waals surface area contributed by atoms with Crippen LogP contribution in [0, 0.1) is 20.8 Å². The number of nitrogens with zero attached hydrogens (tertiary/aromatic N) is 1. The molecule has 0 aliphatic rings. The number of ketones is 1. The summed E-state index contributed by atoms with van der Waals surface area (Å²) in [4.78, 5) is 24.5. The summed E-state index contributed by atoms with van der Waals surface area (Å²) < 4.78 is 43.8. The summed E-state index contributed by atoms with van der Waals surface area (Å²) in [5, 5.41) is 1.73. The lowest BCUT2D eigenvalue weighted by Crippen LogP contribution is -2.20. The van der Waals surface area contributed by atoms with Crippen molar-refractivity contribution in [2.24, 2.45) is 0 Å². The Balaban J connectivity index is 2.09. The molecule has 2 heterocycles.